The molecule has 0 saturated carbocycles. The molecule has 0 unspecified atom stereocenters. The van der Waals surface area contributed by atoms with Gasteiger partial charge in [0.25, 0.3) is 0 Å². The van der Waals surface area contributed by atoms with Gasteiger partial charge < -0.3 is 4.74 Å². The molecule has 0 aliphatic carbocycles. The van der Waals surface area contributed by atoms with Gasteiger partial charge in [0.05, 0.1) is 6.61 Å². The summed E-state index contributed by atoms with van der Waals surface area (Å²) in [6.07, 6.45) is 15.2. The first-order valence-corrected chi connectivity index (χ1v) is 10.4. The van der Waals surface area contributed by atoms with Gasteiger partial charge in [-0.3, -0.25) is 9.97 Å². The molecule has 1 aromatic carbocycles. The van der Waals surface area contributed by atoms with Gasteiger partial charge in [0, 0.05) is 24.8 Å². The molecule has 3 heteroatoms. The van der Waals surface area contributed by atoms with Gasteiger partial charge in [-0.05, 0) is 79.0 Å². The van der Waals surface area contributed by atoms with Gasteiger partial charge in [-0.1, -0.05) is 37.6 Å². The van der Waals surface area contributed by atoms with Crippen LogP contribution in [0.3, 0.4) is 0 Å². The smallest absolute Gasteiger partial charge is 0.122 e. The number of benzene rings is 1. The van der Waals surface area contributed by atoms with Crippen LogP contribution in [0.1, 0.15) is 48.4 Å². The normalized spacial score (nSPS) is 10.8. The molecule has 0 radical (unpaired) electrons. The van der Waals surface area contributed by atoms with E-state index in [0.717, 1.165) is 50.9 Å². The van der Waals surface area contributed by atoms with Crippen molar-refractivity contribution in [3.8, 4) is 5.75 Å². The number of aromatic nitrogens is 2. The van der Waals surface area contributed by atoms with Crippen molar-refractivity contribution in [1.29, 1.82) is 0 Å². The second kappa shape index (κ2) is 11.2. The first-order chi connectivity index (χ1) is 13.8. The molecule has 28 heavy (non-hydrogen) atoms. The molecule has 2 heterocycles. The number of nitrogens with zero attached hydrogens (tertiary/aromatic N) is 2. The maximum atomic E-state index is 5.74. The lowest BCUT2D eigenvalue weighted by Crippen LogP contribution is -2.00. The molecule has 0 amide bonds. The zero-order valence-electron chi connectivity index (χ0n) is 16.8. The van der Waals surface area contributed by atoms with Crippen LogP contribution >= 0.6 is 0 Å². The summed E-state index contributed by atoms with van der Waals surface area (Å²) in [6.45, 7) is 2.99. The van der Waals surface area contributed by atoms with Crippen LogP contribution < -0.4 is 4.74 Å². The molecule has 0 saturated heterocycles. The van der Waals surface area contributed by atoms with Gasteiger partial charge in [-0.25, -0.2) is 0 Å². The summed E-state index contributed by atoms with van der Waals surface area (Å²) in [6, 6.07) is 15.0. The van der Waals surface area contributed by atoms with Gasteiger partial charge in [-0.15, -0.1) is 0 Å². The lowest BCUT2D eigenvalue weighted by molar-refractivity contribution is 0.306. The van der Waals surface area contributed by atoms with Crippen LogP contribution in [0.15, 0.2) is 67.3 Å². The molecule has 0 aliphatic rings. The molecule has 0 bridgehead atoms. The van der Waals surface area contributed by atoms with E-state index in [1.54, 1.807) is 12.4 Å². The maximum absolute atomic E-state index is 5.74. The standard InChI is InChI=1S/C25H30N2O/c1-2-6-23-12-15-27-20-24(23)11-10-22-9-5-8-21(19-22)7-3-4-18-28-25-13-16-26-17-14-25/h5,8-9,12-17,19-20H,2-4,6-7,10-11,18H2,1H3. The highest BCUT2D eigenvalue weighted by Crippen LogP contribution is 2.15. The quantitative estimate of drug-likeness (QED) is 0.409. The summed E-state index contributed by atoms with van der Waals surface area (Å²) >= 11 is 0. The third-order valence-corrected chi connectivity index (χ3v) is 4.98. The molecule has 3 aromatic rings. The van der Waals surface area contributed by atoms with Crippen LogP contribution in [0, 0.1) is 0 Å². The Bertz CT molecular complexity index is 833. The second-order valence-electron chi connectivity index (χ2n) is 7.20. The molecule has 0 aliphatic heterocycles. The number of rotatable bonds is 11. The predicted octanol–water partition coefficient (Wildman–Crippen LogP) is 5.62. The third-order valence-electron chi connectivity index (χ3n) is 4.98. The third kappa shape index (κ3) is 6.49. The number of aryl methyl sites for hydroxylation is 4. The molecule has 0 N–H and O–H groups in total. The van der Waals surface area contributed by atoms with Gasteiger partial charge in [0.1, 0.15) is 5.75 Å². The van der Waals surface area contributed by atoms with Crippen LogP contribution in [0.4, 0.5) is 0 Å². The summed E-state index contributed by atoms with van der Waals surface area (Å²) < 4.78 is 5.74. The van der Waals surface area contributed by atoms with Crippen LogP contribution in [0.2, 0.25) is 0 Å². The SMILES string of the molecule is CCCc1ccncc1CCc1cccc(CCCCOc2ccncc2)c1. The molecule has 0 fully saturated rings. The Morgan fingerprint density at radius 1 is 0.750 bits per heavy atom. The second-order valence-corrected chi connectivity index (χ2v) is 7.20. The fourth-order valence-corrected chi connectivity index (χ4v) is 3.47. The van der Waals surface area contributed by atoms with E-state index in [-0.39, 0.29) is 0 Å². The molecule has 2 aromatic heterocycles. The minimum absolute atomic E-state index is 0.755. The monoisotopic (exact) mass is 374 g/mol. The Morgan fingerprint density at radius 3 is 2.36 bits per heavy atom. The summed E-state index contributed by atoms with van der Waals surface area (Å²) in [4.78, 5) is 8.32. The average Bonchev–Trinajstić information content (AvgIpc) is 2.74. The zero-order chi connectivity index (χ0) is 19.4. The fourth-order valence-electron chi connectivity index (χ4n) is 3.47. The van der Waals surface area contributed by atoms with Crippen molar-refractivity contribution >= 4 is 0 Å². The van der Waals surface area contributed by atoms with E-state index >= 15 is 0 Å². The van der Waals surface area contributed by atoms with Crippen LogP contribution in [0.25, 0.3) is 0 Å². The van der Waals surface area contributed by atoms with Crippen molar-refractivity contribution in [3.63, 3.8) is 0 Å². The Kier molecular flexibility index (Phi) is 8.05. The van der Waals surface area contributed by atoms with E-state index in [0.29, 0.717) is 0 Å². The highest BCUT2D eigenvalue weighted by Gasteiger charge is 2.03. The van der Waals surface area contributed by atoms with Crippen molar-refractivity contribution in [2.75, 3.05) is 6.61 Å². The van der Waals surface area contributed by atoms with Crippen molar-refractivity contribution in [2.24, 2.45) is 0 Å². The van der Waals surface area contributed by atoms with Crippen molar-refractivity contribution in [1.82, 2.24) is 9.97 Å². The van der Waals surface area contributed by atoms with Gasteiger partial charge in [0.2, 0.25) is 0 Å². The largest absolute Gasteiger partial charge is 0.493 e. The number of unbranched alkanes of at least 4 members (excludes halogenated alkanes) is 1. The van der Waals surface area contributed by atoms with Gasteiger partial charge >= 0.3 is 0 Å². The first kappa shape index (κ1) is 20.1. The fraction of sp³-hybridized carbons (Fsp3) is 0.360. The Labute approximate surface area is 168 Å². The van der Waals surface area contributed by atoms with Crippen molar-refractivity contribution < 1.29 is 4.74 Å². The van der Waals surface area contributed by atoms with Crippen molar-refractivity contribution in [2.45, 2.75) is 51.9 Å². The van der Waals surface area contributed by atoms with E-state index in [1.807, 2.05) is 24.5 Å². The van der Waals surface area contributed by atoms with E-state index in [4.69, 9.17) is 4.74 Å². The minimum atomic E-state index is 0.755. The van der Waals surface area contributed by atoms with Crippen LogP contribution in [-0.4, -0.2) is 16.6 Å². The summed E-state index contributed by atoms with van der Waals surface area (Å²) in [5.41, 5.74) is 5.67. The molecule has 146 valence electrons. The topological polar surface area (TPSA) is 35.0 Å². The molecule has 3 nitrogen and oxygen atoms in total. The van der Waals surface area contributed by atoms with Crippen LogP contribution in [0.5, 0.6) is 5.75 Å². The average molecular weight is 375 g/mol. The molecular formula is C25H30N2O. The summed E-state index contributed by atoms with van der Waals surface area (Å²) in [7, 11) is 0. The summed E-state index contributed by atoms with van der Waals surface area (Å²) in [5.74, 6) is 0.898. The number of hydrogen-bond donors (Lipinski definition) is 0. The Hall–Kier alpha value is -2.68. The van der Waals surface area contributed by atoms with E-state index < -0.39 is 0 Å². The maximum Gasteiger partial charge on any atom is 0.122 e. The molecule has 0 spiro atoms. The van der Waals surface area contributed by atoms with E-state index in [1.165, 1.54) is 28.7 Å². The Balaban J connectivity index is 1.44. The number of pyridine rings is 2. The molecular weight excluding hydrogens is 344 g/mol. The van der Waals surface area contributed by atoms with E-state index in [9.17, 15) is 0 Å². The predicted molar refractivity (Wildman–Crippen MR) is 115 cm³/mol. The number of hydrogen-bond acceptors (Lipinski definition) is 3. The molecule has 3 rings (SSSR count). The lowest BCUT2D eigenvalue weighted by atomic mass is 9.97. The van der Waals surface area contributed by atoms with Gasteiger partial charge in [0.15, 0.2) is 0 Å². The summed E-state index contributed by atoms with van der Waals surface area (Å²) in [5, 5.41) is 0. The zero-order valence-corrected chi connectivity index (χ0v) is 16.8. The molecule has 0 atom stereocenters. The highest BCUT2D eigenvalue weighted by molar-refractivity contribution is 5.28. The van der Waals surface area contributed by atoms with Crippen molar-refractivity contribution in [3.05, 3.63) is 89.5 Å². The Morgan fingerprint density at radius 2 is 1.54 bits per heavy atom. The van der Waals surface area contributed by atoms with Gasteiger partial charge in [-0.2, -0.15) is 0 Å². The first-order valence-electron chi connectivity index (χ1n) is 10.4. The minimum Gasteiger partial charge on any atom is -0.493 e. The number of ether oxygens (including phenoxy) is 1. The van der Waals surface area contributed by atoms with E-state index in [2.05, 4.69) is 47.2 Å². The lowest BCUT2D eigenvalue weighted by Gasteiger charge is -2.09. The van der Waals surface area contributed by atoms with Crippen LogP contribution in [-0.2, 0) is 25.7 Å². The highest BCUT2D eigenvalue weighted by atomic mass is 16.5.